The van der Waals surface area contributed by atoms with Crippen molar-refractivity contribution in [2.75, 3.05) is 13.1 Å². The van der Waals surface area contributed by atoms with Crippen LogP contribution in [0.3, 0.4) is 0 Å². The Bertz CT molecular complexity index is 896. The van der Waals surface area contributed by atoms with Crippen molar-refractivity contribution in [1.29, 1.82) is 0 Å². The van der Waals surface area contributed by atoms with Gasteiger partial charge in [0.1, 0.15) is 5.69 Å². The molecule has 0 saturated carbocycles. The fraction of sp³-hybridized carbons (Fsp3) is 0.350. The van der Waals surface area contributed by atoms with E-state index in [4.69, 9.17) is 5.73 Å². The number of rotatable bonds is 4. The van der Waals surface area contributed by atoms with Gasteiger partial charge in [-0.2, -0.15) is 5.92 Å². The molecule has 1 unspecified atom stereocenters. The van der Waals surface area contributed by atoms with Crippen LogP contribution in [0.1, 0.15) is 32.9 Å². The van der Waals surface area contributed by atoms with Crippen LogP contribution in [0.25, 0.3) is 4.96 Å². The SMILES string of the molecule is Cc1cn2cc(C(=O)N3C[CH-]C(Cc4ccccc4CN)CC3)nc2s1.[Mo]. The Morgan fingerprint density at radius 2 is 2.11 bits per heavy atom. The molecule has 1 aliphatic heterocycles. The number of imidazole rings is 1. The van der Waals surface area contributed by atoms with Gasteiger partial charge in [0.05, 0.1) is 0 Å². The van der Waals surface area contributed by atoms with E-state index >= 15 is 0 Å². The first-order valence-corrected chi connectivity index (χ1v) is 9.80. The minimum absolute atomic E-state index is 0. The molecule has 1 atom stereocenters. The van der Waals surface area contributed by atoms with Crippen LogP contribution >= 0.6 is 11.3 Å². The summed E-state index contributed by atoms with van der Waals surface area (Å²) in [5.41, 5.74) is 8.92. The smallest absolute Gasteiger partial charge is 0.271 e. The van der Waals surface area contributed by atoms with Crippen molar-refractivity contribution in [3.8, 4) is 0 Å². The first-order valence-electron chi connectivity index (χ1n) is 8.98. The number of carbonyl (C=O) groups excluding carboxylic acids is 1. The summed E-state index contributed by atoms with van der Waals surface area (Å²) in [6, 6.07) is 8.36. The topological polar surface area (TPSA) is 63.6 Å². The van der Waals surface area contributed by atoms with Crippen LogP contribution < -0.4 is 5.73 Å². The van der Waals surface area contributed by atoms with Crippen molar-refractivity contribution in [3.05, 3.63) is 64.8 Å². The molecule has 7 heteroatoms. The second-order valence-corrected chi connectivity index (χ2v) is 8.08. The van der Waals surface area contributed by atoms with Gasteiger partial charge in [-0.05, 0) is 18.1 Å². The van der Waals surface area contributed by atoms with Gasteiger partial charge in [-0.15, -0.1) is 17.9 Å². The molecule has 2 aromatic heterocycles. The zero-order valence-electron chi connectivity index (χ0n) is 15.3. The fourth-order valence-electron chi connectivity index (χ4n) is 3.59. The van der Waals surface area contributed by atoms with Gasteiger partial charge in [-0.1, -0.05) is 37.1 Å². The third kappa shape index (κ3) is 4.34. The molecule has 4 rings (SSSR count). The van der Waals surface area contributed by atoms with Gasteiger partial charge >= 0.3 is 0 Å². The molecular weight excluding hydrogens is 440 g/mol. The molecule has 1 aromatic carbocycles. The quantitative estimate of drug-likeness (QED) is 0.478. The number of nitrogens with two attached hydrogens (primary N) is 1. The maximum absolute atomic E-state index is 12.7. The van der Waals surface area contributed by atoms with Gasteiger partial charge in [0.15, 0.2) is 4.96 Å². The van der Waals surface area contributed by atoms with Gasteiger partial charge in [-0.25, -0.2) is 4.98 Å². The Morgan fingerprint density at radius 3 is 2.78 bits per heavy atom. The van der Waals surface area contributed by atoms with E-state index in [1.165, 1.54) is 16.0 Å². The maximum atomic E-state index is 12.7. The van der Waals surface area contributed by atoms with Crippen molar-refractivity contribution < 1.29 is 25.9 Å². The standard InChI is InChI=1S/C20H23N4OS.Mo/c1-14-12-24-13-18(22-20(24)26-14)19(25)23-8-6-15(7-9-23)10-16-4-2-3-5-17(16)11-21;/h2-6,12-13,15H,7-11,21H2,1H3;/q-1;. The van der Waals surface area contributed by atoms with Crippen molar-refractivity contribution in [2.24, 2.45) is 11.7 Å². The van der Waals surface area contributed by atoms with E-state index < -0.39 is 0 Å². The van der Waals surface area contributed by atoms with Crippen molar-refractivity contribution in [2.45, 2.75) is 26.3 Å². The van der Waals surface area contributed by atoms with E-state index in [9.17, 15) is 4.79 Å². The van der Waals surface area contributed by atoms with Crippen LogP contribution in [0.2, 0.25) is 0 Å². The molecule has 27 heavy (non-hydrogen) atoms. The molecule has 0 aliphatic carbocycles. The van der Waals surface area contributed by atoms with E-state index in [1.54, 1.807) is 11.3 Å². The van der Waals surface area contributed by atoms with E-state index in [0.29, 0.717) is 24.7 Å². The molecule has 3 heterocycles. The normalized spacial score (nSPS) is 17.1. The molecule has 0 bridgehead atoms. The predicted molar refractivity (Wildman–Crippen MR) is 104 cm³/mol. The van der Waals surface area contributed by atoms with Gasteiger partial charge in [0.2, 0.25) is 0 Å². The molecule has 2 N–H and O–H groups in total. The van der Waals surface area contributed by atoms with Crippen molar-refractivity contribution >= 4 is 22.2 Å². The van der Waals surface area contributed by atoms with Gasteiger partial charge in [-0.3, -0.25) is 9.20 Å². The maximum Gasteiger partial charge on any atom is 0.271 e. The molecule has 1 saturated heterocycles. The summed E-state index contributed by atoms with van der Waals surface area (Å²) in [7, 11) is 0. The molecule has 3 aromatic rings. The predicted octanol–water partition coefficient (Wildman–Crippen LogP) is 3.07. The Labute approximate surface area is 177 Å². The minimum atomic E-state index is 0. The third-order valence-electron chi connectivity index (χ3n) is 5.03. The number of aryl methyl sites for hydroxylation is 1. The first kappa shape index (κ1) is 20.2. The van der Waals surface area contributed by atoms with Crippen LogP contribution in [0, 0.1) is 19.3 Å². The number of thiazole rings is 1. The summed E-state index contributed by atoms with van der Waals surface area (Å²) in [6.07, 6.45) is 8.08. The molecule has 142 valence electrons. The number of amides is 1. The summed E-state index contributed by atoms with van der Waals surface area (Å²) in [6.45, 7) is 4.07. The molecule has 1 fully saturated rings. The Hall–Kier alpha value is -1.49. The van der Waals surface area contributed by atoms with Gasteiger partial charge in [0.25, 0.3) is 5.91 Å². The molecule has 0 spiro atoms. The Balaban J connectivity index is 0.00000210. The third-order valence-corrected chi connectivity index (χ3v) is 5.94. The molecule has 0 radical (unpaired) electrons. The van der Waals surface area contributed by atoms with Gasteiger partial charge < -0.3 is 17.1 Å². The number of hydrogen-bond donors (Lipinski definition) is 1. The number of nitrogens with zero attached hydrogens (tertiary/aromatic N) is 3. The fourth-order valence-corrected chi connectivity index (χ4v) is 4.40. The van der Waals surface area contributed by atoms with Crippen LogP contribution in [-0.2, 0) is 34.0 Å². The number of hydrogen-bond acceptors (Lipinski definition) is 4. The van der Waals surface area contributed by atoms with E-state index in [2.05, 4.69) is 29.6 Å². The number of aromatic nitrogens is 2. The number of piperidine rings is 1. The van der Waals surface area contributed by atoms with E-state index in [-0.39, 0.29) is 27.0 Å². The molecule has 5 nitrogen and oxygen atoms in total. The molecule has 1 amide bonds. The summed E-state index contributed by atoms with van der Waals surface area (Å²) in [4.78, 5) is 21.2. The van der Waals surface area contributed by atoms with Crippen molar-refractivity contribution in [3.63, 3.8) is 0 Å². The molecular formula is C20H23MoN4OS-. The minimum Gasteiger partial charge on any atom is -0.367 e. The number of carbonyl (C=O) groups is 1. The summed E-state index contributed by atoms with van der Waals surface area (Å²) in [5, 5.41) is 0. The average Bonchev–Trinajstić information content (AvgIpc) is 3.19. The first-order chi connectivity index (χ1) is 12.6. The van der Waals surface area contributed by atoms with E-state index in [0.717, 1.165) is 24.3 Å². The largest absolute Gasteiger partial charge is 0.367 e. The van der Waals surface area contributed by atoms with Crippen LogP contribution in [0.15, 0.2) is 36.7 Å². The van der Waals surface area contributed by atoms with Gasteiger partial charge in [0, 0.05) is 51.4 Å². The van der Waals surface area contributed by atoms with Crippen molar-refractivity contribution in [1.82, 2.24) is 14.3 Å². The Kier molecular flexibility index (Phi) is 6.51. The molecule has 1 aliphatic rings. The average molecular weight is 463 g/mol. The summed E-state index contributed by atoms with van der Waals surface area (Å²) in [5.74, 6) is 0.510. The zero-order chi connectivity index (χ0) is 18.1. The Morgan fingerprint density at radius 1 is 1.33 bits per heavy atom. The summed E-state index contributed by atoms with van der Waals surface area (Å²) < 4.78 is 1.94. The number of fused-ring (bicyclic) bond motifs is 1. The second-order valence-electron chi connectivity index (χ2n) is 6.87. The number of likely N-dealkylation sites (tertiary alicyclic amines) is 1. The van der Waals surface area contributed by atoms with Crippen LogP contribution in [-0.4, -0.2) is 33.3 Å². The zero-order valence-corrected chi connectivity index (χ0v) is 18.1. The monoisotopic (exact) mass is 465 g/mol. The van der Waals surface area contributed by atoms with Crippen LogP contribution in [0.4, 0.5) is 0 Å². The van der Waals surface area contributed by atoms with E-state index in [1.807, 2.05) is 34.7 Å². The number of benzene rings is 1. The summed E-state index contributed by atoms with van der Waals surface area (Å²) >= 11 is 1.61. The second kappa shape index (κ2) is 8.68. The van der Waals surface area contributed by atoms with Crippen LogP contribution in [0.5, 0.6) is 0 Å².